The first-order chi connectivity index (χ1) is 11.3. The summed E-state index contributed by atoms with van der Waals surface area (Å²) in [5.41, 5.74) is -2.25. The molecule has 8 heteroatoms. The van der Waals surface area contributed by atoms with Crippen LogP contribution in [-0.2, 0) is 11.0 Å². The lowest BCUT2D eigenvalue weighted by molar-refractivity contribution is -0.388. The highest BCUT2D eigenvalue weighted by Gasteiger charge is 2.54. The third-order valence-electron chi connectivity index (χ3n) is 5.36. The Hall–Kier alpha value is -2.38. The zero-order valence-corrected chi connectivity index (χ0v) is 12.4. The van der Waals surface area contributed by atoms with Crippen LogP contribution in [0.4, 0.5) is 24.5 Å². The molecule has 24 heavy (non-hydrogen) atoms. The number of halogens is 3. The number of carbonyl (C=O) groups excluding carboxylic acids is 1. The molecule has 0 spiro atoms. The first-order valence-electron chi connectivity index (χ1n) is 7.62. The van der Waals surface area contributed by atoms with Crippen LogP contribution in [0.25, 0.3) is 0 Å². The van der Waals surface area contributed by atoms with Crippen molar-refractivity contribution in [3.05, 3.63) is 46.0 Å². The molecule has 1 amide bonds. The number of nitrogens with zero attached hydrogens (tertiary/aromatic N) is 2. The van der Waals surface area contributed by atoms with Gasteiger partial charge in [0.1, 0.15) is 5.56 Å². The summed E-state index contributed by atoms with van der Waals surface area (Å²) in [6.45, 7) is 0.365. The standard InChI is InChI=1S/C16H13F3N2O3/c17-16(18,19)12-6-10(3-4-13(12)21(23)24)20-7-11-8-1-2-9(5-8)14(11)15(20)22/h1-4,6,8-9,11,14H,5,7H2/t8?,9?,11-,14+/m1/s1. The minimum absolute atomic E-state index is 0.0757. The summed E-state index contributed by atoms with van der Waals surface area (Å²) in [5, 5.41) is 10.8. The highest BCUT2D eigenvalue weighted by Crippen LogP contribution is 2.53. The van der Waals surface area contributed by atoms with Gasteiger partial charge in [-0.15, -0.1) is 0 Å². The van der Waals surface area contributed by atoms with Crippen molar-refractivity contribution in [2.45, 2.75) is 12.6 Å². The van der Waals surface area contributed by atoms with Crippen molar-refractivity contribution in [2.75, 3.05) is 11.4 Å². The Kier molecular flexibility index (Phi) is 3.04. The van der Waals surface area contributed by atoms with Gasteiger partial charge in [-0.2, -0.15) is 13.2 Å². The maximum absolute atomic E-state index is 13.1. The molecular formula is C16H13F3N2O3. The summed E-state index contributed by atoms with van der Waals surface area (Å²) in [5.74, 6) is 0.229. The van der Waals surface area contributed by atoms with Crippen LogP contribution in [-0.4, -0.2) is 17.4 Å². The molecule has 1 saturated carbocycles. The van der Waals surface area contributed by atoms with Gasteiger partial charge >= 0.3 is 6.18 Å². The van der Waals surface area contributed by atoms with Gasteiger partial charge < -0.3 is 4.90 Å². The summed E-state index contributed by atoms with van der Waals surface area (Å²) in [6.07, 6.45) is 0.185. The molecule has 2 aliphatic carbocycles. The number of nitro benzene ring substituents is 1. The van der Waals surface area contributed by atoms with Gasteiger partial charge in [0, 0.05) is 24.2 Å². The van der Waals surface area contributed by atoms with Crippen molar-refractivity contribution in [2.24, 2.45) is 23.7 Å². The zero-order valence-electron chi connectivity index (χ0n) is 12.4. The summed E-state index contributed by atoms with van der Waals surface area (Å²) in [4.78, 5) is 23.8. The van der Waals surface area contributed by atoms with Crippen LogP contribution in [0.15, 0.2) is 30.4 Å². The summed E-state index contributed by atoms with van der Waals surface area (Å²) < 4.78 is 39.4. The summed E-state index contributed by atoms with van der Waals surface area (Å²) in [6, 6.07) is 2.76. The van der Waals surface area contributed by atoms with E-state index in [0.717, 1.165) is 12.5 Å². The lowest BCUT2D eigenvalue weighted by Crippen LogP contribution is -2.29. The van der Waals surface area contributed by atoms with Gasteiger partial charge in [0.25, 0.3) is 5.69 Å². The molecule has 126 valence electrons. The Morgan fingerprint density at radius 3 is 2.54 bits per heavy atom. The summed E-state index contributed by atoms with van der Waals surface area (Å²) >= 11 is 0. The molecule has 4 rings (SSSR count). The average molecular weight is 338 g/mol. The molecule has 2 fully saturated rings. The van der Waals surface area contributed by atoms with E-state index >= 15 is 0 Å². The predicted octanol–water partition coefficient (Wildman–Crippen LogP) is 3.40. The molecule has 1 aromatic carbocycles. The van der Waals surface area contributed by atoms with Crippen LogP contribution in [0.1, 0.15) is 12.0 Å². The minimum atomic E-state index is -4.85. The van der Waals surface area contributed by atoms with E-state index in [1.54, 1.807) is 0 Å². The first kappa shape index (κ1) is 15.2. The van der Waals surface area contributed by atoms with Crippen molar-refractivity contribution >= 4 is 17.3 Å². The Morgan fingerprint density at radius 1 is 1.21 bits per heavy atom. The number of carbonyl (C=O) groups is 1. The number of anilines is 1. The Balaban J connectivity index is 1.71. The average Bonchev–Trinajstić information content (AvgIpc) is 3.19. The second-order valence-electron chi connectivity index (χ2n) is 6.54. The van der Waals surface area contributed by atoms with E-state index in [2.05, 4.69) is 6.08 Å². The number of fused-ring (bicyclic) bond motifs is 5. The molecular weight excluding hydrogens is 325 g/mol. The van der Waals surface area contributed by atoms with Crippen molar-refractivity contribution in [1.29, 1.82) is 0 Å². The second-order valence-corrected chi connectivity index (χ2v) is 6.54. The molecule has 0 radical (unpaired) electrons. The lowest BCUT2D eigenvalue weighted by Gasteiger charge is -2.20. The van der Waals surface area contributed by atoms with E-state index in [1.807, 2.05) is 6.08 Å². The number of allylic oxidation sites excluding steroid dienone is 2. The van der Waals surface area contributed by atoms with E-state index in [1.165, 1.54) is 11.0 Å². The minimum Gasteiger partial charge on any atom is -0.312 e. The smallest absolute Gasteiger partial charge is 0.312 e. The van der Waals surface area contributed by atoms with E-state index < -0.39 is 22.4 Å². The zero-order chi connectivity index (χ0) is 17.2. The Bertz CT molecular complexity index is 774. The fourth-order valence-corrected chi connectivity index (χ4v) is 4.33. The molecule has 5 nitrogen and oxygen atoms in total. The first-order valence-corrected chi connectivity index (χ1v) is 7.62. The van der Waals surface area contributed by atoms with Gasteiger partial charge in [0.15, 0.2) is 0 Å². The number of benzene rings is 1. The molecule has 1 aliphatic heterocycles. The maximum Gasteiger partial charge on any atom is 0.423 e. The normalized spacial score (nSPS) is 31.0. The van der Waals surface area contributed by atoms with Gasteiger partial charge in [-0.25, -0.2) is 0 Å². The lowest BCUT2D eigenvalue weighted by atomic mass is 9.86. The molecule has 1 aromatic rings. The molecule has 2 bridgehead atoms. The van der Waals surface area contributed by atoms with Crippen molar-refractivity contribution in [3.8, 4) is 0 Å². The number of nitro groups is 1. The molecule has 3 aliphatic rings. The van der Waals surface area contributed by atoms with E-state index in [9.17, 15) is 28.1 Å². The molecule has 0 aromatic heterocycles. The molecule has 4 atom stereocenters. The highest BCUT2D eigenvalue weighted by molar-refractivity contribution is 5.98. The number of hydrogen-bond acceptors (Lipinski definition) is 3. The van der Waals surface area contributed by atoms with Gasteiger partial charge in [-0.3, -0.25) is 14.9 Å². The molecule has 2 unspecified atom stereocenters. The fourth-order valence-electron chi connectivity index (χ4n) is 4.33. The van der Waals surface area contributed by atoms with Crippen LogP contribution >= 0.6 is 0 Å². The van der Waals surface area contributed by atoms with Crippen LogP contribution in [0.2, 0.25) is 0 Å². The quantitative estimate of drug-likeness (QED) is 0.472. The van der Waals surface area contributed by atoms with Gasteiger partial charge in [0.2, 0.25) is 5.91 Å². The number of alkyl halides is 3. The number of hydrogen-bond donors (Lipinski definition) is 0. The molecule has 1 heterocycles. The largest absolute Gasteiger partial charge is 0.423 e. The van der Waals surface area contributed by atoms with Crippen LogP contribution in [0, 0.1) is 33.8 Å². The second kappa shape index (κ2) is 4.81. The predicted molar refractivity (Wildman–Crippen MR) is 78.2 cm³/mol. The van der Waals surface area contributed by atoms with Gasteiger partial charge in [-0.1, -0.05) is 12.2 Å². The third-order valence-corrected chi connectivity index (χ3v) is 5.36. The van der Waals surface area contributed by atoms with Crippen molar-refractivity contribution in [1.82, 2.24) is 0 Å². The number of amides is 1. The van der Waals surface area contributed by atoms with Crippen LogP contribution in [0.3, 0.4) is 0 Å². The van der Waals surface area contributed by atoms with Crippen LogP contribution < -0.4 is 4.90 Å². The summed E-state index contributed by atoms with van der Waals surface area (Å²) in [7, 11) is 0. The fraction of sp³-hybridized carbons (Fsp3) is 0.438. The van der Waals surface area contributed by atoms with Crippen molar-refractivity contribution in [3.63, 3.8) is 0 Å². The Morgan fingerprint density at radius 2 is 1.92 bits per heavy atom. The highest BCUT2D eigenvalue weighted by atomic mass is 19.4. The SMILES string of the molecule is O=C1[C@H]2C3C=CC(C3)[C@H]2CN1c1ccc([N+](=O)[O-])c(C(F)(F)F)c1. The Labute approximate surface area is 134 Å². The van der Waals surface area contributed by atoms with E-state index in [-0.39, 0.29) is 29.3 Å². The monoisotopic (exact) mass is 338 g/mol. The van der Waals surface area contributed by atoms with Gasteiger partial charge in [0.05, 0.1) is 4.92 Å². The maximum atomic E-state index is 13.1. The molecule has 1 saturated heterocycles. The topological polar surface area (TPSA) is 63.5 Å². The van der Waals surface area contributed by atoms with Crippen molar-refractivity contribution < 1.29 is 22.9 Å². The van der Waals surface area contributed by atoms with Crippen LogP contribution in [0.5, 0.6) is 0 Å². The third kappa shape index (κ3) is 2.05. The van der Waals surface area contributed by atoms with E-state index in [4.69, 9.17) is 0 Å². The van der Waals surface area contributed by atoms with Gasteiger partial charge in [-0.05, 0) is 36.3 Å². The molecule has 0 N–H and O–H groups in total. The number of rotatable bonds is 2. The van der Waals surface area contributed by atoms with E-state index in [0.29, 0.717) is 18.5 Å².